The van der Waals surface area contributed by atoms with Crippen molar-refractivity contribution in [1.29, 1.82) is 0 Å². The maximum absolute atomic E-state index is 12.6. The molecule has 1 aromatic rings. The minimum Gasteiger partial charge on any atom is -0.497 e. The van der Waals surface area contributed by atoms with Gasteiger partial charge in [-0.3, -0.25) is 4.79 Å². The average Bonchev–Trinajstić information content (AvgIpc) is 2.97. The SMILES string of the molecule is CCN(C(=O)[C@@H]1CC[C@H](CN)O1)c1cccc(OC)c1. The van der Waals surface area contributed by atoms with Crippen molar-refractivity contribution in [2.75, 3.05) is 25.1 Å². The Hall–Kier alpha value is -1.59. The van der Waals surface area contributed by atoms with Crippen LogP contribution in [-0.2, 0) is 9.53 Å². The van der Waals surface area contributed by atoms with Gasteiger partial charge in [0, 0.05) is 24.8 Å². The van der Waals surface area contributed by atoms with Gasteiger partial charge in [-0.2, -0.15) is 0 Å². The lowest BCUT2D eigenvalue weighted by Crippen LogP contribution is -2.39. The molecule has 2 atom stereocenters. The fourth-order valence-electron chi connectivity index (χ4n) is 2.48. The van der Waals surface area contributed by atoms with Gasteiger partial charge in [0.2, 0.25) is 0 Å². The fourth-order valence-corrected chi connectivity index (χ4v) is 2.48. The lowest BCUT2D eigenvalue weighted by atomic mass is 10.1. The Balaban J connectivity index is 2.13. The second kappa shape index (κ2) is 6.72. The van der Waals surface area contributed by atoms with Crippen LogP contribution in [0.2, 0.25) is 0 Å². The molecule has 0 unspecified atom stereocenters. The molecule has 20 heavy (non-hydrogen) atoms. The zero-order valence-electron chi connectivity index (χ0n) is 12.0. The number of anilines is 1. The van der Waals surface area contributed by atoms with Crippen LogP contribution in [-0.4, -0.2) is 38.3 Å². The van der Waals surface area contributed by atoms with Gasteiger partial charge >= 0.3 is 0 Å². The fraction of sp³-hybridized carbons (Fsp3) is 0.533. The predicted molar refractivity (Wildman–Crippen MR) is 78.0 cm³/mol. The van der Waals surface area contributed by atoms with E-state index in [-0.39, 0.29) is 18.1 Å². The number of hydrogen-bond acceptors (Lipinski definition) is 4. The molecule has 5 nitrogen and oxygen atoms in total. The maximum atomic E-state index is 12.6. The predicted octanol–water partition coefficient (Wildman–Crippen LogP) is 1.55. The van der Waals surface area contributed by atoms with Gasteiger partial charge in [0.15, 0.2) is 0 Å². The van der Waals surface area contributed by atoms with Crippen molar-refractivity contribution >= 4 is 11.6 Å². The van der Waals surface area contributed by atoms with E-state index in [0.717, 1.165) is 24.3 Å². The number of ether oxygens (including phenoxy) is 2. The van der Waals surface area contributed by atoms with E-state index < -0.39 is 0 Å². The van der Waals surface area contributed by atoms with Crippen LogP contribution in [0.3, 0.4) is 0 Å². The topological polar surface area (TPSA) is 64.8 Å². The zero-order chi connectivity index (χ0) is 14.5. The highest BCUT2D eigenvalue weighted by atomic mass is 16.5. The van der Waals surface area contributed by atoms with E-state index >= 15 is 0 Å². The molecule has 0 spiro atoms. The van der Waals surface area contributed by atoms with Crippen LogP contribution < -0.4 is 15.4 Å². The minimum absolute atomic E-state index is 0.00305. The molecule has 5 heteroatoms. The summed E-state index contributed by atoms with van der Waals surface area (Å²) in [5.41, 5.74) is 6.42. The van der Waals surface area contributed by atoms with Crippen LogP contribution >= 0.6 is 0 Å². The van der Waals surface area contributed by atoms with Gasteiger partial charge in [-0.15, -0.1) is 0 Å². The maximum Gasteiger partial charge on any atom is 0.256 e. The molecular weight excluding hydrogens is 256 g/mol. The monoisotopic (exact) mass is 278 g/mol. The number of benzene rings is 1. The van der Waals surface area contributed by atoms with E-state index in [2.05, 4.69) is 0 Å². The van der Waals surface area contributed by atoms with Gasteiger partial charge < -0.3 is 20.1 Å². The van der Waals surface area contributed by atoms with Gasteiger partial charge in [-0.1, -0.05) is 6.07 Å². The molecule has 1 amide bonds. The number of likely N-dealkylation sites (N-methyl/N-ethyl adjacent to an activating group) is 1. The van der Waals surface area contributed by atoms with Crippen molar-refractivity contribution in [1.82, 2.24) is 0 Å². The third-order valence-electron chi connectivity index (χ3n) is 3.59. The molecular formula is C15H22N2O3. The summed E-state index contributed by atoms with van der Waals surface area (Å²) in [6.45, 7) is 3.01. The van der Waals surface area contributed by atoms with Crippen molar-refractivity contribution in [2.45, 2.75) is 32.0 Å². The third-order valence-corrected chi connectivity index (χ3v) is 3.59. The summed E-state index contributed by atoms with van der Waals surface area (Å²) in [6.07, 6.45) is 1.21. The Bertz CT molecular complexity index is 464. The average molecular weight is 278 g/mol. The number of amides is 1. The first-order valence-corrected chi connectivity index (χ1v) is 7.00. The van der Waals surface area contributed by atoms with Crippen LogP contribution in [0.4, 0.5) is 5.69 Å². The molecule has 1 saturated heterocycles. The Morgan fingerprint density at radius 2 is 2.30 bits per heavy atom. The van der Waals surface area contributed by atoms with E-state index in [1.165, 1.54) is 0 Å². The molecule has 1 heterocycles. The molecule has 0 saturated carbocycles. The van der Waals surface area contributed by atoms with Gasteiger partial charge in [-0.25, -0.2) is 0 Å². The van der Waals surface area contributed by atoms with Gasteiger partial charge in [0.05, 0.1) is 13.2 Å². The van der Waals surface area contributed by atoms with Crippen LogP contribution in [0.25, 0.3) is 0 Å². The van der Waals surface area contributed by atoms with E-state index in [1.54, 1.807) is 12.0 Å². The van der Waals surface area contributed by atoms with Gasteiger partial charge in [0.25, 0.3) is 5.91 Å². The van der Waals surface area contributed by atoms with Crippen LogP contribution in [0.15, 0.2) is 24.3 Å². The first kappa shape index (κ1) is 14.8. The highest BCUT2D eigenvalue weighted by Gasteiger charge is 2.33. The molecule has 1 aliphatic heterocycles. The number of carbonyl (C=O) groups is 1. The molecule has 2 N–H and O–H groups in total. The van der Waals surface area contributed by atoms with E-state index in [0.29, 0.717) is 13.1 Å². The number of rotatable bonds is 5. The van der Waals surface area contributed by atoms with Gasteiger partial charge in [0.1, 0.15) is 11.9 Å². The summed E-state index contributed by atoms with van der Waals surface area (Å²) >= 11 is 0. The number of nitrogens with two attached hydrogens (primary N) is 1. The van der Waals surface area contributed by atoms with Crippen LogP contribution in [0.5, 0.6) is 5.75 Å². The number of carbonyl (C=O) groups excluding carboxylic acids is 1. The van der Waals surface area contributed by atoms with Crippen LogP contribution in [0, 0.1) is 0 Å². The number of hydrogen-bond donors (Lipinski definition) is 1. The number of methoxy groups -OCH3 is 1. The van der Waals surface area contributed by atoms with E-state index in [9.17, 15) is 4.79 Å². The quantitative estimate of drug-likeness (QED) is 0.887. The second-order valence-corrected chi connectivity index (χ2v) is 4.84. The third kappa shape index (κ3) is 3.11. The minimum atomic E-state index is -0.380. The van der Waals surface area contributed by atoms with Crippen molar-refractivity contribution in [3.05, 3.63) is 24.3 Å². The summed E-state index contributed by atoms with van der Waals surface area (Å²) in [6, 6.07) is 7.50. The Kier molecular flexibility index (Phi) is 4.98. The second-order valence-electron chi connectivity index (χ2n) is 4.84. The molecule has 110 valence electrons. The highest BCUT2D eigenvalue weighted by molar-refractivity contribution is 5.96. The largest absolute Gasteiger partial charge is 0.497 e. The summed E-state index contributed by atoms with van der Waals surface area (Å²) in [5, 5.41) is 0. The van der Waals surface area contributed by atoms with Crippen LogP contribution in [0.1, 0.15) is 19.8 Å². The summed E-state index contributed by atoms with van der Waals surface area (Å²) in [5.74, 6) is 0.734. The Morgan fingerprint density at radius 3 is 2.90 bits per heavy atom. The molecule has 2 rings (SSSR count). The standard InChI is InChI=1S/C15H22N2O3/c1-3-17(11-5-4-6-12(9-11)19-2)15(18)14-8-7-13(10-16)20-14/h4-6,9,13-14H,3,7-8,10,16H2,1-2H3/t13-,14+/m1/s1. The van der Waals surface area contributed by atoms with E-state index in [4.69, 9.17) is 15.2 Å². The van der Waals surface area contributed by atoms with Crippen molar-refractivity contribution in [3.63, 3.8) is 0 Å². The molecule has 0 aliphatic carbocycles. The lowest BCUT2D eigenvalue weighted by Gasteiger charge is -2.24. The molecule has 1 fully saturated rings. The first-order valence-electron chi connectivity index (χ1n) is 7.00. The molecule has 0 radical (unpaired) electrons. The smallest absolute Gasteiger partial charge is 0.256 e. The summed E-state index contributed by atoms with van der Waals surface area (Å²) in [4.78, 5) is 14.3. The van der Waals surface area contributed by atoms with Gasteiger partial charge in [-0.05, 0) is 31.9 Å². The summed E-state index contributed by atoms with van der Waals surface area (Å²) in [7, 11) is 1.61. The Morgan fingerprint density at radius 1 is 1.50 bits per heavy atom. The zero-order valence-corrected chi connectivity index (χ0v) is 12.0. The highest BCUT2D eigenvalue weighted by Crippen LogP contribution is 2.25. The Labute approximate surface area is 119 Å². The van der Waals surface area contributed by atoms with Crippen molar-refractivity contribution in [2.24, 2.45) is 5.73 Å². The molecule has 0 bridgehead atoms. The molecule has 1 aliphatic rings. The first-order chi connectivity index (χ1) is 9.69. The number of nitrogens with zero attached hydrogens (tertiary/aromatic N) is 1. The summed E-state index contributed by atoms with van der Waals surface area (Å²) < 4.78 is 10.9. The van der Waals surface area contributed by atoms with E-state index in [1.807, 2.05) is 31.2 Å². The molecule has 0 aromatic heterocycles. The van der Waals surface area contributed by atoms with Crippen molar-refractivity contribution in [3.8, 4) is 5.75 Å². The molecule has 1 aromatic carbocycles. The lowest BCUT2D eigenvalue weighted by molar-refractivity contribution is -0.129. The normalized spacial score (nSPS) is 21.8. The van der Waals surface area contributed by atoms with Crippen molar-refractivity contribution < 1.29 is 14.3 Å².